The Hall–Kier alpha value is -3.82. The Kier molecular flexibility index (Phi) is 5.61. The van der Waals surface area contributed by atoms with Gasteiger partial charge < -0.3 is 25.5 Å². The lowest BCUT2D eigenvalue weighted by Gasteiger charge is -2.15. The van der Waals surface area contributed by atoms with Crippen LogP contribution in [0.1, 0.15) is 11.7 Å². The second-order valence-corrected chi connectivity index (χ2v) is 7.20. The molecule has 0 aliphatic rings. The van der Waals surface area contributed by atoms with Gasteiger partial charge in [0.2, 0.25) is 0 Å². The molecule has 31 heavy (non-hydrogen) atoms. The van der Waals surface area contributed by atoms with Crippen molar-refractivity contribution in [3.05, 3.63) is 75.7 Å². The Morgan fingerprint density at radius 2 is 1.97 bits per heavy atom. The predicted octanol–water partition coefficient (Wildman–Crippen LogP) is 3.81. The molecule has 1 atom stereocenters. The molecule has 0 saturated heterocycles. The number of aliphatic hydroxyl groups is 1. The van der Waals surface area contributed by atoms with E-state index in [9.17, 15) is 14.7 Å². The molecule has 0 bridgehead atoms. The van der Waals surface area contributed by atoms with E-state index in [0.717, 1.165) is 0 Å². The van der Waals surface area contributed by atoms with E-state index in [1.165, 1.54) is 6.20 Å². The Labute approximate surface area is 180 Å². The van der Waals surface area contributed by atoms with E-state index in [0.29, 0.717) is 33.0 Å². The van der Waals surface area contributed by atoms with Gasteiger partial charge >= 0.3 is 6.09 Å². The van der Waals surface area contributed by atoms with Crippen molar-refractivity contribution in [2.45, 2.75) is 6.10 Å². The maximum Gasteiger partial charge on any atom is 0.409 e. The van der Waals surface area contributed by atoms with E-state index in [4.69, 9.17) is 16.7 Å². The molecule has 10 heteroatoms. The fraction of sp³-hybridized carbons (Fsp3) is 0.0952. The molecule has 158 valence electrons. The summed E-state index contributed by atoms with van der Waals surface area (Å²) < 4.78 is 0. The number of rotatable bonds is 6. The molecule has 0 aliphatic heterocycles. The van der Waals surface area contributed by atoms with E-state index in [1.807, 2.05) is 0 Å². The number of H-pyrrole nitrogens is 2. The Bertz CT molecular complexity index is 1320. The van der Waals surface area contributed by atoms with Crippen LogP contribution in [0.25, 0.3) is 22.4 Å². The van der Waals surface area contributed by atoms with Crippen LogP contribution in [0.15, 0.2) is 59.5 Å². The lowest BCUT2D eigenvalue weighted by molar-refractivity contribution is 0.191. The molecule has 0 aliphatic carbocycles. The fourth-order valence-corrected chi connectivity index (χ4v) is 3.46. The van der Waals surface area contributed by atoms with Gasteiger partial charge in [0, 0.05) is 17.8 Å². The summed E-state index contributed by atoms with van der Waals surface area (Å²) in [7, 11) is 0. The molecular weight excluding hydrogens is 422 g/mol. The van der Waals surface area contributed by atoms with E-state index in [-0.39, 0.29) is 17.9 Å². The summed E-state index contributed by atoms with van der Waals surface area (Å²) in [4.78, 5) is 33.7. The number of pyridine rings is 1. The minimum atomic E-state index is -1.22. The van der Waals surface area contributed by atoms with Gasteiger partial charge in [-0.3, -0.25) is 10.1 Å². The molecule has 6 N–H and O–H groups in total. The highest BCUT2D eigenvalue weighted by Gasteiger charge is 2.17. The summed E-state index contributed by atoms with van der Waals surface area (Å²) in [5, 5.41) is 25.4. The number of carboxylic acid groups (broad SMARTS) is 1. The number of nitrogens with zero attached hydrogens (tertiary/aromatic N) is 1. The van der Waals surface area contributed by atoms with Crippen LogP contribution in [0.5, 0.6) is 0 Å². The van der Waals surface area contributed by atoms with Crippen molar-refractivity contribution in [3.8, 4) is 11.4 Å². The summed E-state index contributed by atoms with van der Waals surface area (Å²) in [6, 6.07) is 13.5. The summed E-state index contributed by atoms with van der Waals surface area (Å²) >= 11 is 5.98. The van der Waals surface area contributed by atoms with Gasteiger partial charge in [0.25, 0.3) is 5.56 Å². The number of aliphatic hydroxyl groups excluding tert-OH is 1. The predicted molar refractivity (Wildman–Crippen MR) is 119 cm³/mol. The number of hydrogen-bond donors (Lipinski definition) is 6. The normalized spacial score (nSPS) is 11.9. The van der Waals surface area contributed by atoms with Crippen molar-refractivity contribution in [1.82, 2.24) is 15.0 Å². The van der Waals surface area contributed by atoms with Gasteiger partial charge in [-0.2, -0.15) is 0 Å². The van der Waals surface area contributed by atoms with Crippen molar-refractivity contribution in [3.63, 3.8) is 0 Å². The number of aromatic nitrogens is 3. The van der Waals surface area contributed by atoms with Crippen molar-refractivity contribution < 1.29 is 15.0 Å². The van der Waals surface area contributed by atoms with Crippen molar-refractivity contribution in [1.29, 1.82) is 0 Å². The lowest BCUT2D eigenvalue weighted by Crippen LogP contribution is -2.17. The molecule has 1 unspecified atom stereocenters. The zero-order chi connectivity index (χ0) is 22.0. The van der Waals surface area contributed by atoms with E-state index < -0.39 is 17.8 Å². The topological polar surface area (TPSA) is 143 Å². The van der Waals surface area contributed by atoms with E-state index in [1.54, 1.807) is 48.5 Å². The smallest absolute Gasteiger partial charge is 0.409 e. The number of para-hydroxylation sites is 1. The van der Waals surface area contributed by atoms with Crippen molar-refractivity contribution >= 4 is 40.1 Å². The van der Waals surface area contributed by atoms with Gasteiger partial charge in [-0.1, -0.05) is 29.8 Å². The second-order valence-electron chi connectivity index (χ2n) is 6.76. The summed E-state index contributed by atoms with van der Waals surface area (Å²) in [6.07, 6.45) is -0.583. The number of amides is 1. The molecule has 0 spiro atoms. The molecule has 4 rings (SSSR count). The second kappa shape index (κ2) is 8.50. The third kappa shape index (κ3) is 4.37. The van der Waals surface area contributed by atoms with Gasteiger partial charge in [0.1, 0.15) is 16.9 Å². The summed E-state index contributed by atoms with van der Waals surface area (Å²) in [6.45, 7) is 0.128. The number of fused-ring (bicyclic) bond motifs is 1. The highest BCUT2D eigenvalue weighted by molar-refractivity contribution is 6.30. The van der Waals surface area contributed by atoms with Gasteiger partial charge in [-0.15, -0.1) is 0 Å². The van der Waals surface area contributed by atoms with Gasteiger partial charge in [-0.05, 0) is 35.9 Å². The van der Waals surface area contributed by atoms with Crippen LogP contribution in [0.2, 0.25) is 5.02 Å². The number of anilines is 2. The number of hydrogen-bond acceptors (Lipinski definition) is 5. The monoisotopic (exact) mass is 439 g/mol. The van der Waals surface area contributed by atoms with Crippen LogP contribution < -0.4 is 16.2 Å². The van der Waals surface area contributed by atoms with Crippen LogP contribution in [0.3, 0.4) is 0 Å². The minimum Gasteiger partial charge on any atom is -0.465 e. The first kappa shape index (κ1) is 20.5. The van der Waals surface area contributed by atoms with Crippen LogP contribution in [0.4, 0.5) is 16.2 Å². The zero-order valence-electron chi connectivity index (χ0n) is 16.0. The third-order valence-electron chi connectivity index (χ3n) is 4.67. The van der Waals surface area contributed by atoms with Gasteiger partial charge in [0.15, 0.2) is 0 Å². The molecule has 1 amide bonds. The molecule has 0 saturated carbocycles. The lowest BCUT2D eigenvalue weighted by atomic mass is 10.1. The molecule has 0 radical (unpaired) electrons. The number of imidazole rings is 1. The first-order valence-electron chi connectivity index (χ1n) is 9.30. The number of nitrogens with one attached hydrogen (secondary N) is 4. The quantitative estimate of drug-likeness (QED) is 0.269. The molecular formula is C21H18ClN5O4. The fourth-order valence-electron chi connectivity index (χ4n) is 3.27. The SMILES string of the molecule is O=C(O)Nc1cccc2[nH]c(-c3c(NCC(O)c4cccc(Cl)c4)cc[nH]c3=O)nc12. The third-order valence-corrected chi connectivity index (χ3v) is 4.91. The first-order chi connectivity index (χ1) is 14.9. The van der Waals surface area contributed by atoms with E-state index >= 15 is 0 Å². The molecule has 2 aromatic heterocycles. The highest BCUT2D eigenvalue weighted by Crippen LogP contribution is 2.28. The zero-order valence-corrected chi connectivity index (χ0v) is 16.8. The standard InChI is InChI=1S/C21H18ClN5O4/c22-12-4-1-3-11(9-12)16(28)10-24-13-7-8-23-20(29)17(13)19-25-14-5-2-6-15(18(14)27-19)26-21(30)31/h1-9,16,26,28H,10H2,(H,25,27)(H,30,31)(H2,23,24,29). The Balaban J connectivity index is 1.67. The van der Waals surface area contributed by atoms with E-state index in [2.05, 4.69) is 25.6 Å². The minimum absolute atomic E-state index is 0.128. The Morgan fingerprint density at radius 1 is 1.16 bits per heavy atom. The molecule has 2 heterocycles. The number of halogens is 1. The average molecular weight is 440 g/mol. The summed E-state index contributed by atoms with van der Waals surface area (Å²) in [5.41, 5.74) is 2.18. The average Bonchev–Trinajstić information content (AvgIpc) is 3.16. The molecule has 0 fully saturated rings. The number of aromatic amines is 2. The van der Waals surface area contributed by atoms with Gasteiger partial charge in [0.05, 0.1) is 23.0 Å². The molecule has 4 aromatic rings. The van der Waals surface area contributed by atoms with Gasteiger partial charge in [-0.25, -0.2) is 9.78 Å². The van der Waals surface area contributed by atoms with Crippen LogP contribution in [-0.4, -0.2) is 37.8 Å². The maximum atomic E-state index is 12.6. The van der Waals surface area contributed by atoms with Crippen LogP contribution in [0, 0.1) is 0 Å². The largest absolute Gasteiger partial charge is 0.465 e. The highest BCUT2D eigenvalue weighted by atomic mass is 35.5. The number of carbonyl (C=O) groups is 1. The summed E-state index contributed by atoms with van der Waals surface area (Å²) in [5.74, 6) is 0.260. The Morgan fingerprint density at radius 3 is 2.74 bits per heavy atom. The first-order valence-corrected chi connectivity index (χ1v) is 9.68. The number of benzene rings is 2. The van der Waals surface area contributed by atoms with Crippen LogP contribution >= 0.6 is 11.6 Å². The van der Waals surface area contributed by atoms with Crippen LogP contribution in [-0.2, 0) is 0 Å². The maximum absolute atomic E-state index is 12.6. The molecule has 9 nitrogen and oxygen atoms in total. The molecule has 2 aromatic carbocycles. The van der Waals surface area contributed by atoms with Crippen molar-refractivity contribution in [2.75, 3.05) is 17.2 Å². The van der Waals surface area contributed by atoms with Crippen molar-refractivity contribution in [2.24, 2.45) is 0 Å².